The first-order chi connectivity index (χ1) is 8.61. The van der Waals surface area contributed by atoms with Gasteiger partial charge in [-0.05, 0) is 31.2 Å². The van der Waals surface area contributed by atoms with Gasteiger partial charge in [0.25, 0.3) is 0 Å². The van der Waals surface area contributed by atoms with E-state index in [-0.39, 0.29) is 6.04 Å². The molecule has 3 nitrogen and oxygen atoms in total. The summed E-state index contributed by atoms with van der Waals surface area (Å²) in [5.41, 5.74) is 3.30. The molecule has 1 aromatic carbocycles. The van der Waals surface area contributed by atoms with Crippen LogP contribution in [-0.2, 0) is 13.5 Å². The fourth-order valence-corrected chi connectivity index (χ4v) is 2.35. The van der Waals surface area contributed by atoms with Crippen LogP contribution in [-0.4, -0.2) is 16.8 Å². The van der Waals surface area contributed by atoms with Crippen LogP contribution >= 0.6 is 11.6 Å². The summed E-state index contributed by atoms with van der Waals surface area (Å²) < 4.78 is 1.82. The number of likely N-dealkylation sites (N-methyl/N-ethyl adjacent to an activating group) is 1. The summed E-state index contributed by atoms with van der Waals surface area (Å²) in [5.74, 6) is 0. The quantitative estimate of drug-likeness (QED) is 0.919. The molecule has 0 aliphatic carbocycles. The van der Waals surface area contributed by atoms with Crippen molar-refractivity contribution in [2.75, 3.05) is 7.05 Å². The smallest absolute Gasteiger partial charge is 0.0643 e. The highest BCUT2D eigenvalue weighted by Gasteiger charge is 2.15. The molecule has 0 saturated carbocycles. The highest BCUT2D eigenvalue weighted by atomic mass is 35.5. The Kier molecular flexibility index (Phi) is 4.04. The van der Waals surface area contributed by atoms with Gasteiger partial charge in [-0.1, -0.05) is 29.8 Å². The molecule has 2 aromatic rings. The van der Waals surface area contributed by atoms with Crippen LogP contribution in [0.25, 0.3) is 0 Å². The Morgan fingerprint density at radius 3 is 2.78 bits per heavy atom. The number of hydrogen-bond donors (Lipinski definition) is 1. The first kappa shape index (κ1) is 13.1. The number of nitrogens with one attached hydrogen (secondary N) is 1. The summed E-state index contributed by atoms with van der Waals surface area (Å²) in [6.45, 7) is 2.03. The molecule has 2 rings (SSSR count). The van der Waals surface area contributed by atoms with Crippen molar-refractivity contribution in [1.82, 2.24) is 15.1 Å². The summed E-state index contributed by atoms with van der Waals surface area (Å²) >= 11 is 6.37. The monoisotopic (exact) mass is 263 g/mol. The molecule has 0 saturated heterocycles. The number of nitrogens with zero attached hydrogens (tertiary/aromatic N) is 2. The van der Waals surface area contributed by atoms with Gasteiger partial charge in [-0.15, -0.1) is 0 Å². The third-order valence-corrected chi connectivity index (χ3v) is 3.64. The predicted octanol–water partition coefficient (Wildman–Crippen LogP) is 2.89. The Morgan fingerprint density at radius 2 is 2.17 bits per heavy atom. The van der Waals surface area contributed by atoms with Crippen molar-refractivity contribution in [3.8, 4) is 0 Å². The van der Waals surface area contributed by atoms with Gasteiger partial charge in [0.05, 0.1) is 5.69 Å². The Morgan fingerprint density at radius 1 is 1.39 bits per heavy atom. The molecule has 1 unspecified atom stereocenters. The summed E-state index contributed by atoms with van der Waals surface area (Å²) in [6.07, 6.45) is 2.79. The Hall–Kier alpha value is -1.32. The topological polar surface area (TPSA) is 29.9 Å². The van der Waals surface area contributed by atoms with Crippen molar-refractivity contribution in [3.63, 3.8) is 0 Å². The number of rotatable bonds is 4. The lowest BCUT2D eigenvalue weighted by Crippen LogP contribution is -2.19. The summed E-state index contributed by atoms with van der Waals surface area (Å²) in [6, 6.07) is 8.36. The molecule has 4 heteroatoms. The van der Waals surface area contributed by atoms with Crippen molar-refractivity contribution in [2.24, 2.45) is 7.05 Å². The number of aryl methyl sites for hydroxylation is 2. The number of aromatic nitrogens is 2. The molecule has 1 aromatic heterocycles. The standard InChI is InChI=1S/C14H18ClN3/c1-10-5-4-6-12(14(10)15)13(16-2)9-11-7-8-18(3)17-11/h4-8,13,16H,9H2,1-3H3. The molecular formula is C14H18ClN3. The second-order valence-corrected chi connectivity index (χ2v) is 4.88. The van der Waals surface area contributed by atoms with Crippen LogP contribution in [0.15, 0.2) is 30.5 Å². The normalized spacial score (nSPS) is 12.7. The second-order valence-electron chi connectivity index (χ2n) is 4.50. The van der Waals surface area contributed by atoms with Crippen molar-refractivity contribution in [3.05, 3.63) is 52.3 Å². The van der Waals surface area contributed by atoms with Crippen molar-refractivity contribution >= 4 is 11.6 Å². The van der Waals surface area contributed by atoms with E-state index >= 15 is 0 Å². The maximum atomic E-state index is 6.37. The van der Waals surface area contributed by atoms with Crippen molar-refractivity contribution in [1.29, 1.82) is 0 Å². The third-order valence-electron chi connectivity index (χ3n) is 3.13. The molecule has 18 heavy (non-hydrogen) atoms. The fourth-order valence-electron chi connectivity index (χ4n) is 2.09. The van der Waals surface area contributed by atoms with E-state index in [4.69, 9.17) is 11.6 Å². The minimum Gasteiger partial charge on any atom is -0.313 e. The van der Waals surface area contributed by atoms with Crippen LogP contribution in [0.5, 0.6) is 0 Å². The Balaban J connectivity index is 2.25. The zero-order valence-electron chi connectivity index (χ0n) is 10.9. The van der Waals surface area contributed by atoms with Gasteiger partial charge in [0.2, 0.25) is 0 Å². The molecular weight excluding hydrogens is 246 g/mol. The lowest BCUT2D eigenvalue weighted by Gasteiger charge is -2.18. The molecule has 0 bridgehead atoms. The molecule has 0 aliphatic rings. The van der Waals surface area contributed by atoms with E-state index in [1.54, 1.807) is 0 Å². The minimum absolute atomic E-state index is 0.187. The van der Waals surface area contributed by atoms with Gasteiger partial charge in [0.15, 0.2) is 0 Å². The Labute approximate surface area is 113 Å². The van der Waals surface area contributed by atoms with Gasteiger partial charge in [-0.25, -0.2) is 0 Å². The molecule has 0 spiro atoms. The zero-order chi connectivity index (χ0) is 13.1. The number of halogens is 1. The third kappa shape index (κ3) is 2.74. The summed E-state index contributed by atoms with van der Waals surface area (Å²) in [4.78, 5) is 0. The van der Waals surface area contributed by atoms with Gasteiger partial charge < -0.3 is 5.32 Å². The van der Waals surface area contributed by atoms with E-state index < -0.39 is 0 Å². The SMILES string of the molecule is CNC(Cc1ccn(C)n1)c1cccc(C)c1Cl. The van der Waals surface area contributed by atoms with Crippen LogP contribution in [0.4, 0.5) is 0 Å². The molecule has 0 fully saturated rings. The maximum absolute atomic E-state index is 6.37. The van der Waals surface area contributed by atoms with Gasteiger partial charge in [-0.3, -0.25) is 4.68 Å². The second kappa shape index (κ2) is 5.55. The zero-order valence-corrected chi connectivity index (χ0v) is 11.7. The summed E-state index contributed by atoms with van der Waals surface area (Å²) in [7, 11) is 3.88. The molecule has 96 valence electrons. The number of benzene rings is 1. The van der Waals surface area contributed by atoms with Crippen LogP contribution in [0.1, 0.15) is 22.9 Å². The largest absolute Gasteiger partial charge is 0.313 e. The minimum atomic E-state index is 0.187. The molecule has 1 atom stereocenters. The van der Waals surface area contributed by atoms with Crippen LogP contribution in [0.2, 0.25) is 5.02 Å². The Bertz CT molecular complexity index is 534. The van der Waals surface area contributed by atoms with Crippen molar-refractivity contribution in [2.45, 2.75) is 19.4 Å². The van der Waals surface area contributed by atoms with Gasteiger partial charge >= 0.3 is 0 Å². The molecule has 1 heterocycles. The fraction of sp³-hybridized carbons (Fsp3) is 0.357. The average molecular weight is 264 g/mol. The van der Waals surface area contributed by atoms with Crippen LogP contribution in [0.3, 0.4) is 0 Å². The maximum Gasteiger partial charge on any atom is 0.0643 e. The van der Waals surface area contributed by atoms with E-state index in [0.29, 0.717) is 0 Å². The van der Waals surface area contributed by atoms with E-state index in [1.165, 1.54) is 0 Å². The van der Waals surface area contributed by atoms with Crippen LogP contribution < -0.4 is 5.32 Å². The van der Waals surface area contributed by atoms with Crippen LogP contribution in [0, 0.1) is 6.92 Å². The molecule has 0 radical (unpaired) electrons. The van der Waals surface area contributed by atoms with Gasteiger partial charge in [0.1, 0.15) is 0 Å². The van der Waals surface area contributed by atoms with E-state index in [2.05, 4.69) is 16.5 Å². The first-order valence-corrected chi connectivity index (χ1v) is 6.40. The highest BCUT2D eigenvalue weighted by Crippen LogP contribution is 2.27. The molecule has 0 amide bonds. The van der Waals surface area contributed by atoms with E-state index in [1.807, 2.05) is 50.1 Å². The lowest BCUT2D eigenvalue weighted by atomic mass is 10.0. The summed E-state index contributed by atoms with van der Waals surface area (Å²) in [5, 5.41) is 8.56. The van der Waals surface area contributed by atoms with Gasteiger partial charge in [-0.2, -0.15) is 5.10 Å². The van der Waals surface area contributed by atoms with Gasteiger partial charge in [0, 0.05) is 30.7 Å². The number of hydrogen-bond acceptors (Lipinski definition) is 2. The molecule has 0 aliphatic heterocycles. The van der Waals surface area contributed by atoms with Crippen molar-refractivity contribution < 1.29 is 0 Å². The first-order valence-electron chi connectivity index (χ1n) is 6.02. The van der Waals surface area contributed by atoms with E-state index in [9.17, 15) is 0 Å². The average Bonchev–Trinajstić information content (AvgIpc) is 2.76. The molecule has 1 N–H and O–H groups in total. The van der Waals surface area contributed by atoms with E-state index in [0.717, 1.165) is 28.3 Å². The lowest BCUT2D eigenvalue weighted by molar-refractivity contribution is 0.577. The predicted molar refractivity (Wildman–Crippen MR) is 74.9 cm³/mol. The highest BCUT2D eigenvalue weighted by molar-refractivity contribution is 6.32.